The number of hydrogen-bond acceptors (Lipinski definition) is 6. The van der Waals surface area contributed by atoms with Crippen molar-refractivity contribution in [1.29, 1.82) is 0 Å². The number of piperazine rings is 1. The first-order valence-corrected chi connectivity index (χ1v) is 12.8. The molecule has 0 aliphatic carbocycles. The molecule has 38 heavy (non-hydrogen) atoms. The molecule has 0 bridgehead atoms. The van der Waals surface area contributed by atoms with Crippen LogP contribution in [0.15, 0.2) is 72.8 Å². The third-order valence-electron chi connectivity index (χ3n) is 7.48. The normalized spacial score (nSPS) is 19.4. The van der Waals surface area contributed by atoms with Crippen molar-refractivity contribution in [2.45, 2.75) is 12.5 Å². The van der Waals surface area contributed by atoms with Crippen molar-refractivity contribution in [3.63, 3.8) is 0 Å². The zero-order chi connectivity index (χ0) is 26.6. The van der Waals surface area contributed by atoms with E-state index < -0.39 is 12.0 Å². The maximum Gasteiger partial charge on any atom is 0.228 e. The Bertz CT molecular complexity index is 1250. The summed E-state index contributed by atoms with van der Waals surface area (Å²) in [5, 5.41) is 0. The minimum atomic E-state index is -0.481. The Morgan fingerprint density at radius 1 is 0.684 bits per heavy atom. The second-order valence-electron chi connectivity index (χ2n) is 9.50. The molecule has 0 aromatic heterocycles. The average Bonchev–Trinajstić information content (AvgIpc) is 3.33. The van der Waals surface area contributed by atoms with Gasteiger partial charge in [0.2, 0.25) is 11.8 Å². The number of carbonyl (C=O) groups excluding carboxylic acids is 2. The van der Waals surface area contributed by atoms with Gasteiger partial charge in [0.05, 0.1) is 33.3 Å². The van der Waals surface area contributed by atoms with E-state index in [2.05, 4.69) is 4.90 Å². The van der Waals surface area contributed by atoms with Gasteiger partial charge in [-0.1, -0.05) is 12.1 Å². The van der Waals surface area contributed by atoms with Crippen LogP contribution in [0.3, 0.4) is 0 Å². The van der Waals surface area contributed by atoms with Crippen molar-refractivity contribution in [1.82, 2.24) is 4.90 Å². The largest absolute Gasteiger partial charge is 0.497 e. The number of ether oxygens (including phenoxy) is 3. The molecule has 2 heterocycles. The first-order chi connectivity index (χ1) is 18.5. The molecule has 3 aromatic rings. The summed E-state index contributed by atoms with van der Waals surface area (Å²) in [5.74, 6) is 1.73. The van der Waals surface area contributed by atoms with Gasteiger partial charge in [-0.25, -0.2) is 0 Å². The SMILES string of the molecule is COc1ccc([C@@H]2[C@@H](C(=O)N3CCN(c4ccc(OC)cc4)CC3)CC(=O)N2c2ccc(OC)cc2)cc1. The average molecular weight is 516 g/mol. The molecule has 2 amide bonds. The van der Waals surface area contributed by atoms with Crippen molar-refractivity contribution in [3.8, 4) is 17.2 Å². The van der Waals surface area contributed by atoms with Gasteiger partial charge in [-0.15, -0.1) is 0 Å². The first kappa shape index (κ1) is 25.4. The van der Waals surface area contributed by atoms with Crippen LogP contribution >= 0.6 is 0 Å². The zero-order valence-electron chi connectivity index (χ0n) is 22.0. The first-order valence-electron chi connectivity index (χ1n) is 12.8. The molecule has 5 rings (SSSR count). The summed E-state index contributed by atoms with van der Waals surface area (Å²) in [4.78, 5) is 33.3. The van der Waals surface area contributed by atoms with Gasteiger partial charge in [-0.3, -0.25) is 9.59 Å². The Labute approximate surface area is 223 Å². The molecule has 0 spiro atoms. The van der Waals surface area contributed by atoms with Gasteiger partial charge in [0, 0.05) is 44.0 Å². The quantitative estimate of drug-likeness (QED) is 0.471. The number of carbonyl (C=O) groups is 2. The predicted octanol–water partition coefficient (Wildman–Crippen LogP) is 4.16. The lowest BCUT2D eigenvalue weighted by molar-refractivity contribution is -0.136. The highest BCUT2D eigenvalue weighted by Crippen LogP contribution is 2.43. The standard InChI is InChI=1S/C30H33N3O5/c1-36-24-10-4-21(5-11-24)29-27(20-28(34)33(29)23-8-14-26(38-3)15-9-23)30(35)32-18-16-31(17-19-32)22-6-12-25(37-2)13-7-22/h4-15,27,29H,16-20H2,1-3H3/t27-,29+/m0/s1. The number of benzene rings is 3. The van der Waals surface area contributed by atoms with Crippen LogP contribution < -0.4 is 24.0 Å². The third kappa shape index (κ3) is 4.98. The van der Waals surface area contributed by atoms with E-state index in [1.807, 2.05) is 77.7 Å². The molecule has 2 fully saturated rings. The van der Waals surface area contributed by atoms with E-state index in [-0.39, 0.29) is 18.2 Å². The summed E-state index contributed by atoms with van der Waals surface area (Å²) in [7, 11) is 4.89. The molecular weight excluding hydrogens is 482 g/mol. The maximum atomic E-state index is 13.9. The lowest BCUT2D eigenvalue weighted by Gasteiger charge is -2.38. The van der Waals surface area contributed by atoms with E-state index in [0.717, 1.165) is 41.5 Å². The maximum absolute atomic E-state index is 13.9. The molecule has 2 saturated heterocycles. The van der Waals surface area contributed by atoms with Gasteiger partial charge in [-0.2, -0.15) is 0 Å². The topological polar surface area (TPSA) is 71.6 Å². The van der Waals surface area contributed by atoms with Gasteiger partial charge in [-0.05, 0) is 66.2 Å². The van der Waals surface area contributed by atoms with Crippen molar-refractivity contribution in [2.24, 2.45) is 5.92 Å². The zero-order valence-corrected chi connectivity index (χ0v) is 22.0. The minimum Gasteiger partial charge on any atom is -0.497 e. The van der Waals surface area contributed by atoms with Crippen molar-refractivity contribution < 1.29 is 23.8 Å². The Hall–Kier alpha value is -4.20. The highest BCUT2D eigenvalue weighted by Gasteiger charge is 2.46. The highest BCUT2D eigenvalue weighted by atomic mass is 16.5. The summed E-state index contributed by atoms with van der Waals surface area (Å²) >= 11 is 0. The molecule has 8 nitrogen and oxygen atoms in total. The summed E-state index contributed by atoms with van der Waals surface area (Å²) in [6, 6.07) is 22.6. The van der Waals surface area contributed by atoms with Crippen molar-refractivity contribution in [2.75, 3.05) is 57.3 Å². The summed E-state index contributed by atoms with van der Waals surface area (Å²) in [6.07, 6.45) is 0.167. The van der Waals surface area contributed by atoms with Crippen LogP contribution in [0.25, 0.3) is 0 Å². The lowest BCUT2D eigenvalue weighted by Crippen LogP contribution is -2.51. The van der Waals surface area contributed by atoms with E-state index in [1.165, 1.54) is 0 Å². The monoisotopic (exact) mass is 515 g/mol. The number of amides is 2. The number of hydrogen-bond donors (Lipinski definition) is 0. The van der Waals surface area contributed by atoms with Gasteiger partial charge in [0.15, 0.2) is 0 Å². The summed E-state index contributed by atoms with van der Waals surface area (Å²) < 4.78 is 15.9. The molecule has 2 aliphatic heterocycles. The highest BCUT2D eigenvalue weighted by molar-refractivity contribution is 6.01. The molecule has 0 N–H and O–H groups in total. The second kappa shape index (κ2) is 11.0. The van der Waals surface area contributed by atoms with Crippen LogP contribution in [0.2, 0.25) is 0 Å². The molecule has 8 heteroatoms. The molecule has 3 aromatic carbocycles. The Balaban J connectivity index is 1.37. The molecule has 0 radical (unpaired) electrons. The van der Waals surface area contributed by atoms with Crippen LogP contribution in [-0.2, 0) is 9.59 Å². The molecule has 2 atom stereocenters. The van der Waals surface area contributed by atoms with Crippen LogP contribution in [-0.4, -0.2) is 64.2 Å². The number of rotatable bonds is 7. The fourth-order valence-corrected chi connectivity index (χ4v) is 5.40. The molecule has 0 saturated carbocycles. The lowest BCUT2D eigenvalue weighted by atomic mass is 9.91. The van der Waals surface area contributed by atoms with E-state index in [1.54, 1.807) is 26.2 Å². The molecular formula is C30H33N3O5. The van der Waals surface area contributed by atoms with Gasteiger partial charge in [0.25, 0.3) is 0 Å². The smallest absolute Gasteiger partial charge is 0.228 e. The Morgan fingerprint density at radius 2 is 1.16 bits per heavy atom. The molecule has 2 aliphatic rings. The van der Waals surface area contributed by atoms with E-state index in [4.69, 9.17) is 14.2 Å². The van der Waals surface area contributed by atoms with E-state index in [9.17, 15) is 9.59 Å². The van der Waals surface area contributed by atoms with Crippen LogP contribution in [0.1, 0.15) is 18.0 Å². The predicted molar refractivity (Wildman–Crippen MR) is 146 cm³/mol. The molecule has 198 valence electrons. The Morgan fingerprint density at radius 3 is 1.66 bits per heavy atom. The van der Waals surface area contributed by atoms with Crippen molar-refractivity contribution >= 4 is 23.2 Å². The number of nitrogens with zero attached hydrogens (tertiary/aromatic N) is 3. The molecule has 0 unspecified atom stereocenters. The van der Waals surface area contributed by atoms with Crippen molar-refractivity contribution in [3.05, 3.63) is 78.4 Å². The van der Waals surface area contributed by atoms with E-state index >= 15 is 0 Å². The fourth-order valence-electron chi connectivity index (χ4n) is 5.40. The number of methoxy groups -OCH3 is 3. The van der Waals surface area contributed by atoms with Crippen LogP contribution in [0, 0.1) is 5.92 Å². The van der Waals surface area contributed by atoms with Crippen LogP contribution in [0.5, 0.6) is 17.2 Å². The van der Waals surface area contributed by atoms with Gasteiger partial charge >= 0.3 is 0 Å². The summed E-state index contributed by atoms with van der Waals surface area (Å²) in [6.45, 7) is 2.67. The Kier molecular flexibility index (Phi) is 7.40. The second-order valence-corrected chi connectivity index (χ2v) is 9.50. The van der Waals surface area contributed by atoms with Crippen LogP contribution in [0.4, 0.5) is 11.4 Å². The van der Waals surface area contributed by atoms with E-state index in [0.29, 0.717) is 18.8 Å². The van der Waals surface area contributed by atoms with Gasteiger partial charge in [0.1, 0.15) is 17.2 Å². The third-order valence-corrected chi connectivity index (χ3v) is 7.48. The fraction of sp³-hybridized carbons (Fsp3) is 0.333. The van der Waals surface area contributed by atoms with Gasteiger partial charge < -0.3 is 28.9 Å². The minimum absolute atomic E-state index is 0.0181. The number of anilines is 2. The summed E-state index contributed by atoms with van der Waals surface area (Å²) in [5.41, 5.74) is 2.76.